The normalized spacial score (nSPS) is 21.6. The van der Waals surface area contributed by atoms with Crippen LogP contribution in [0.5, 0.6) is 11.5 Å². The van der Waals surface area contributed by atoms with Gasteiger partial charge in [-0.2, -0.15) is 5.10 Å². The van der Waals surface area contributed by atoms with Crippen LogP contribution in [0.3, 0.4) is 0 Å². The number of nitrogens with zero attached hydrogens (tertiary/aromatic N) is 3. The third kappa shape index (κ3) is 3.43. The Hall–Kier alpha value is -3.03. The van der Waals surface area contributed by atoms with Crippen LogP contribution in [0, 0.1) is 5.92 Å². The molecule has 3 aliphatic rings. The SMILES string of the molecule is O=C(Nc1ccnn1C1CCCCC1)[C@@H]1CC(=O)N(c2ccc3c(c2)OCO3)C1. The number of carbonyl (C=O) groups excluding carboxylic acids is 2. The number of rotatable bonds is 4. The van der Waals surface area contributed by atoms with E-state index in [-0.39, 0.29) is 25.0 Å². The van der Waals surface area contributed by atoms with Gasteiger partial charge in [0.05, 0.1) is 18.2 Å². The molecule has 0 unspecified atom stereocenters. The first-order chi connectivity index (χ1) is 14.2. The van der Waals surface area contributed by atoms with Gasteiger partial charge in [-0.25, -0.2) is 4.68 Å². The second-order valence-corrected chi connectivity index (χ2v) is 7.89. The smallest absolute Gasteiger partial charge is 0.231 e. The van der Waals surface area contributed by atoms with Gasteiger partial charge in [-0.1, -0.05) is 19.3 Å². The number of fused-ring (bicyclic) bond motifs is 1. The zero-order valence-electron chi connectivity index (χ0n) is 16.2. The van der Waals surface area contributed by atoms with Gasteiger partial charge in [0.15, 0.2) is 11.5 Å². The van der Waals surface area contributed by atoms with E-state index < -0.39 is 5.92 Å². The summed E-state index contributed by atoms with van der Waals surface area (Å²) in [6.45, 7) is 0.536. The van der Waals surface area contributed by atoms with Crippen molar-refractivity contribution in [3.63, 3.8) is 0 Å². The maximum atomic E-state index is 12.9. The highest BCUT2D eigenvalue weighted by Crippen LogP contribution is 2.37. The number of carbonyl (C=O) groups is 2. The number of ether oxygens (including phenoxy) is 2. The molecule has 0 bridgehead atoms. The number of benzene rings is 1. The fourth-order valence-electron chi connectivity index (χ4n) is 4.44. The Bertz CT molecular complexity index is 935. The van der Waals surface area contributed by atoms with E-state index in [1.807, 2.05) is 16.8 Å². The zero-order valence-corrected chi connectivity index (χ0v) is 16.2. The maximum absolute atomic E-state index is 12.9. The molecular weight excluding hydrogens is 372 g/mol. The van der Waals surface area contributed by atoms with Gasteiger partial charge >= 0.3 is 0 Å². The fraction of sp³-hybridized carbons (Fsp3) is 0.476. The number of anilines is 2. The molecular formula is C21H24N4O4. The molecule has 2 amide bonds. The Morgan fingerprint density at radius 3 is 2.79 bits per heavy atom. The summed E-state index contributed by atoms with van der Waals surface area (Å²) in [5, 5.41) is 7.43. The Morgan fingerprint density at radius 1 is 1.10 bits per heavy atom. The van der Waals surface area contributed by atoms with Crippen LogP contribution in [-0.2, 0) is 9.59 Å². The molecule has 1 N–H and O–H groups in total. The van der Waals surface area contributed by atoms with Crippen molar-refractivity contribution in [2.24, 2.45) is 5.92 Å². The van der Waals surface area contributed by atoms with Gasteiger partial charge in [0.2, 0.25) is 18.6 Å². The molecule has 1 aliphatic carbocycles. The van der Waals surface area contributed by atoms with Gasteiger partial charge in [0.25, 0.3) is 0 Å². The summed E-state index contributed by atoms with van der Waals surface area (Å²) in [4.78, 5) is 27.1. The highest BCUT2D eigenvalue weighted by atomic mass is 16.7. The minimum absolute atomic E-state index is 0.0650. The first-order valence-corrected chi connectivity index (χ1v) is 10.2. The second kappa shape index (κ2) is 7.42. The topological polar surface area (TPSA) is 85.7 Å². The van der Waals surface area contributed by atoms with Crippen molar-refractivity contribution >= 4 is 23.3 Å². The molecule has 1 aromatic carbocycles. The number of amides is 2. The third-order valence-corrected chi connectivity index (χ3v) is 6.01. The quantitative estimate of drug-likeness (QED) is 0.858. The molecule has 2 aliphatic heterocycles. The zero-order chi connectivity index (χ0) is 19.8. The highest BCUT2D eigenvalue weighted by molar-refractivity contribution is 6.03. The molecule has 1 saturated carbocycles. The van der Waals surface area contributed by atoms with E-state index in [9.17, 15) is 9.59 Å². The van der Waals surface area contributed by atoms with Crippen LogP contribution in [0.25, 0.3) is 0 Å². The lowest BCUT2D eigenvalue weighted by Gasteiger charge is -2.24. The lowest BCUT2D eigenvalue weighted by molar-refractivity contribution is -0.122. The van der Waals surface area contributed by atoms with Crippen LogP contribution >= 0.6 is 0 Å². The summed E-state index contributed by atoms with van der Waals surface area (Å²) < 4.78 is 12.7. The predicted octanol–water partition coefficient (Wildman–Crippen LogP) is 3.11. The van der Waals surface area contributed by atoms with E-state index >= 15 is 0 Å². The number of nitrogens with one attached hydrogen (secondary N) is 1. The van der Waals surface area contributed by atoms with Crippen LogP contribution in [0.1, 0.15) is 44.6 Å². The monoisotopic (exact) mass is 396 g/mol. The van der Waals surface area contributed by atoms with Crippen molar-refractivity contribution in [1.82, 2.24) is 9.78 Å². The van der Waals surface area contributed by atoms with E-state index in [0.29, 0.717) is 24.1 Å². The van der Waals surface area contributed by atoms with Crippen molar-refractivity contribution in [1.29, 1.82) is 0 Å². The standard InChI is InChI=1S/C21H24N4O4/c26-20-10-14(12-24(20)16-6-7-17-18(11-16)29-13-28-17)21(27)23-19-8-9-22-25(19)15-4-2-1-3-5-15/h6-9,11,14-15H,1-5,10,12-13H2,(H,23,27)/t14-/m1/s1. The fourth-order valence-corrected chi connectivity index (χ4v) is 4.44. The van der Waals surface area contributed by atoms with Crippen molar-refractivity contribution in [3.8, 4) is 11.5 Å². The van der Waals surface area contributed by atoms with Crippen LogP contribution in [0.15, 0.2) is 30.5 Å². The summed E-state index contributed by atoms with van der Waals surface area (Å²) in [5.74, 6) is 1.41. The summed E-state index contributed by atoms with van der Waals surface area (Å²) in [6, 6.07) is 7.58. The van der Waals surface area contributed by atoms with Crippen LogP contribution in [0.2, 0.25) is 0 Å². The minimum atomic E-state index is -0.400. The van der Waals surface area contributed by atoms with E-state index in [0.717, 1.165) is 24.3 Å². The molecule has 1 atom stereocenters. The van der Waals surface area contributed by atoms with Gasteiger partial charge in [-0.3, -0.25) is 9.59 Å². The minimum Gasteiger partial charge on any atom is -0.454 e. The molecule has 8 nitrogen and oxygen atoms in total. The third-order valence-electron chi connectivity index (χ3n) is 6.01. The molecule has 2 fully saturated rings. The van der Waals surface area contributed by atoms with Crippen molar-refractivity contribution in [2.45, 2.75) is 44.6 Å². The molecule has 5 rings (SSSR count). The van der Waals surface area contributed by atoms with Crippen molar-refractivity contribution in [2.75, 3.05) is 23.6 Å². The first-order valence-electron chi connectivity index (χ1n) is 10.2. The Kier molecular flexibility index (Phi) is 4.61. The summed E-state index contributed by atoms with van der Waals surface area (Å²) in [7, 11) is 0. The Labute approximate surface area is 168 Å². The summed E-state index contributed by atoms with van der Waals surface area (Å²) >= 11 is 0. The van der Waals surface area contributed by atoms with Gasteiger partial charge in [-0.15, -0.1) is 0 Å². The van der Waals surface area contributed by atoms with Crippen LogP contribution < -0.4 is 19.7 Å². The van der Waals surface area contributed by atoms with Crippen LogP contribution in [-0.4, -0.2) is 34.9 Å². The van der Waals surface area contributed by atoms with E-state index in [4.69, 9.17) is 9.47 Å². The average molecular weight is 396 g/mol. The molecule has 0 radical (unpaired) electrons. The largest absolute Gasteiger partial charge is 0.454 e. The van der Waals surface area contributed by atoms with E-state index in [2.05, 4.69) is 10.4 Å². The van der Waals surface area contributed by atoms with Crippen LogP contribution in [0.4, 0.5) is 11.5 Å². The number of hydrogen-bond acceptors (Lipinski definition) is 5. The molecule has 2 aromatic rings. The van der Waals surface area contributed by atoms with Crippen molar-refractivity contribution < 1.29 is 19.1 Å². The molecule has 1 saturated heterocycles. The average Bonchev–Trinajstić information content (AvgIpc) is 3.47. The molecule has 8 heteroatoms. The Balaban J connectivity index is 1.27. The molecule has 29 heavy (non-hydrogen) atoms. The molecule has 3 heterocycles. The van der Waals surface area contributed by atoms with E-state index in [1.165, 1.54) is 19.3 Å². The molecule has 0 spiro atoms. The van der Waals surface area contributed by atoms with Gasteiger partial charge in [0, 0.05) is 30.8 Å². The van der Waals surface area contributed by atoms with Gasteiger partial charge in [-0.05, 0) is 25.0 Å². The molecule has 1 aromatic heterocycles. The second-order valence-electron chi connectivity index (χ2n) is 7.89. The Morgan fingerprint density at radius 2 is 1.93 bits per heavy atom. The summed E-state index contributed by atoms with van der Waals surface area (Å²) in [6.07, 6.45) is 7.74. The molecule has 152 valence electrons. The number of aromatic nitrogens is 2. The van der Waals surface area contributed by atoms with E-state index in [1.54, 1.807) is 23.2 Å². The summed E-state index contributed by atoms with van der Waals surface area (Å²) in [5.41, 5.74) is 0.724. The predicted molar refractivity (Wildman–Crippen MR) is 106 cm³/mol. The lowest BCUT2D eigenvalue weighted by atomic mass is 9.96. The van der Waals surface area contributed by atoms with Gasteiger partial charge in [0.1, 0.15) is 5.82 Å². The first kappa shape index (κ1) is 18.0. The lowest BCUT2D eigenvalue weighted by Crippen LogP contribution is -2.29. The van der Waals surface area contributed by atoms with Crippen molar-refractivity contribution in [3.05, 3.63) is 30.5 Å². The highest BCUT2D eigenvalue weighted by Gasteiger charge is 2.36. The number of hydrogen-bond donors (Lipinski definition) is 1. The van der Waals surface area contributed by atoms with Gasteiger partial charge < -0.3 is 19.7 Å². The maximum Gasteiger partial charge on any atom is 0.231 e.